The summed E-state index contributed by atoms with van der Waals surface area (Å²) in [4.78, 5) is 12.3. The number of halogens is 1. The number of phenols is 3. The van der Waals surface area contributed by atoms with E-state index < -0.39 is 0 Å². The fraction of sp³-hybridized carbons (Fsp3) is 0.0714. The van der Waals surface area contributed by atoms with Crippen LogP contribution in [0.4, 0.5) is 0 Å². The molecule has 2 aromatic carbocycles. The molecule has 0 radical (unpaired) electrons. The van der Waals surface area contributed by atoms with Gasteiger partial charge in [-0.25, -0.2) is 0 Å². The summed E-state index contributed by atoms with van der Waals surface area (Å²) in [7, 11) is 0. The average molecular weight is 323 g/mol. The van der Waals surface area contributed by atoms with Gasteiger partial charge in [0.1, 0.15) is 5.75 Å². The van der Waals surface area contributed by atoms with E-state index in [2.05, 4.69) is 15.9 Å². The van der Waals surface area contributed by atoms with Crippen molar-refractivity contribution in [1.82, 2.24) is 0 Å². The number of phenolic OH excluding ortho intramolecular Hbond substituents is 3. The summed E-state index contributed by atoms with van der Waals surface area (Å²) >= 11 is 3.18. The number of aryl methyl sites for hydroxylation is 1. The van der Waals surface area contributed by atoms with Crippen molar-refractivity contribution in [3.05, 3.63) is 51.5 Å². The fourth-order valence-corrected chi connectivity index (χ4v) is 2.28. The zero-order valence-corrected chi connectivity index (χ0v) is 11.6. The molecular formula is C14H11BrO4. The van der Waals surface area contributed by atoms with Crippen LogP contribution in [0.3, 0.4) is 0 Å². The number of benzene rings is 2. The molecule has 19 heavy (non-hydrogen) atoms. The minimum Gasteiger partial charge on any atom is -0.506 e. The Labute approximate surface area is 118 Å². The van der Waals surface area contributed by atoms with Gasteiger partial charge in [0.15, 0.2) is 17.3 Å². The van der Waals surface area contributed by atoms with Crippen LogP contribution in [-0.4, -0.2) is 21.1 Å². The van der Waals surface area contributed by atoms with Crippen molar-refractivity contribution in [3.8, 4) is 17.2 Å². The van der Waals surface area contributed by atoms with E-state index in [9.17, 15) is 20.1 Å². The summed E-state index contributed by atoms with van der Waals surface area (Å²) in [6, 6.07) is 7.05. The SMILES string of the molecule is Cc1ccc(C(=O)c2ccc(O)c(O)c2)c(Br)c1O. The van der Waals surface area contributed by atoms with E-state index in [4.69, 9.17) is 0 Å². The molecule has 0 atom stereocenters. The maximum Gasteiger partial charge on any atom is 0.194 e. The standard InChI is InChI=1S/C14H11BrO4/c1-7-2-4-9(12(15)13(7)18)14(19)8-3-5-10(16)11(17)6-8/h2-6,16-18H,1H3. The number of hydrogen-bond acceptors (Lipinski definition) is 4. The van der Waals surface area contributed by atoms with Gasteiger partial charge in [0.25, 0.3) is 0 Å². The molecule has 0 aromatic heterocycles. The van der Waals surface area contributed by atoms with Crippen molar-refractivity contribution in [2.75, 3.05) is 0 Å². The van der Waals surface area contributed by atoms with Crippen molar-refractivity contribution in [1.29, 1.82) is 0 Å². The highest BCUT2D eigenvalue weighted by atomic mass is 79.9. The van der Waals surface area contributed by atoms with Crippen LogP contribution in [0, 0.1) is 6.92 Å². The Morgan fingerprint density at radius 1 is 1.05 bits per heavy atom. The van der Waals surface area contributed by atoms with Crippen LogP contribution in [0.2, 0.25) is 0 Å². The number of carbonyl (C=O) groups excluding carboxylic acids is 1. The van der Waals surface area contributed by atoms with Crippen LogP contribution in [0.15, 0.2) is 34.8 Å². The van der Waals surface area contributed by atoms with Gasteiger partial charge in [-0.3, -0.25) is 4.79 Å². The van der Waals surface area contributed by atoms with Crippen LogP contribution in [0.1, 0.15) is 21.5 Å². The first kappa shape index (κ1) is 13.4. The van der Waals surface area contributed by atoms with E-state index >= 15 is 0 Å². The molecule has 0 spiro atoms. The number of ketones is 1. The van der Waals surface area contributed by atoms with Gasteiger partial charge in [-0.15, -0.1) is 0 Å². The molecule has 0 aliphatic rings. The van der Waals surface area contributed by atoms with Gasteiger partial charge in [-0.1, -0.05) is 6.07 Å². The maximum absolute atomic E-state index is 12.3. The van der Waals surface area contributed by atoms with E-state index in [0.717, 1.165) is 0 Å². The zero-order valence-electron chi connectivity index (χ0n) is 10.0. The number of aromatic hydroxyl groups is 3. The van der Waals surface area contributed by atoms with Crippen LogP contribution in [0.25, 0.3) is 0 Å². The summed E-state index contributed by atoms with van der Waals surface area (Å²) in [5.41, 5.74) is 1.16. The quantitative estimate of drug-likeness (QED) is 0.586. The molecule has 4 nitrogen and oxygen atoms in total. The Bertz CT molecular complexity index is 665. The lowest BCUT2D eigenvalue weighted by atomic mass is 10.0. The van der Waals surface area contributed by atoms with Gasteiger partial charge in [-0.2, -0.15) is 0 Å². The van der Waals surface area contributed by atoms with Gasteiger partial charge >= 0.3 is 0 Å². The van der Waals surface area contributed by atoms with Gasteiger partial charge in [0.05, 0.1) is 4.47 Å². The molecule has 2 rings (SSSR count). The molecule has 0 saturated heterocycles. The summed E-state index contributed by atoms with van der Waals surface area (Å²) < 4.78 is 0.310. The lowest BCUT2D eigenvalue weighted by Crippen LogP contribution is -2.02. The molecule has 0 amide bonds. The van der Waals surface area contributed by atoms with E-state index in [1.54, 1.807) is 19.1 Å². The van der Waals surface area contributed by atoms with Gasteiger partial charge < -0.3 is 15.3 Å². The van der Waals surface area contributed by atoms with E-state index in [0.29, 0.717) is 10.0 Å². The van der Waals surface area contributed by atoms with Crippen LogP contribution >= 0.6 is 15.9 Å². The molecule has 0 fully saturated rings. The second-order valence-corrected chi connectivity index (χ2v) is 4.92. The predicted molar refractivity (Wildman–Crippen MR) is 73.7 cm³/mol. The third-order valence-electron chi connectivity index (χ3n) is 2.80. The Kier molecular flexibility index (Phi) is 3.48. The molecule has 0 aliphatic heterocycles. The highest BCUT2D eigenvalue weighted by molar-refractivity contribution is 9.10. The van der Waals surface area contributed by atoms with Gasteiger partial charge in [0, 0.05) is 11.1 Å². The molecule has 0 heterocycles. The molecule has 0 bridgehead atoms. The van der Waals surface area contributed by atoms with Crippen molar-refractivity contribution >= 4 is 21.7 Å². The van der Waals surface area contributed by atoms with Crippen LogP contribution < -0.4 is 0 Å². The molecular weight excluding hydrogens is 312 g/mol. The summed E-state index contributed by atoms with van der Waals surface area (Å²) in [5.74, 6) is -1.01. The second-order valence-electron chi connectivity index (χ2n) is 4.13. The minimum absolute atomic E-state index is 0.00819. The topological polar surface area (TPSA) is 77.8 Å². The monoisotopic (exact) mass is 322 g/mol. The van der Waals surface area contributed by atoms with Crippen molar-refractivity contribution < 1.29 is 20.1 Å². The second kappa shape index (κ2) is 4.93. The predicted octanol–water partition coefficient (Wildman–Crippen LogP) is 3.11. The fourth-order valence-electron chi connectivity index (χ4n) is 1.66. The third-order valence-corrected chi connectivity index (χ3v) is 3.60. The summed E-state index contributed by atoms with van der Waals surface area (Å²) in [6.07, 6.45) is 0. The lowest BCUT2D eigenvalue weighted by Gasteiger charge is -2.08. The molecule has 5 heteroatoms. The average Bonchev–Trinajstić information content (AvgIpc) is 2.39. The lowest BCUT2D eigenvalue weighted by molar-refractivity contribution is 0.103. The smallest absolute Gasteiger partial charge is 0.194 e. The third kappa shape index (κ3) is 2.42. The first-order valence-electron chi connectivity index (χ1n) is 5.46. The largest absolute Gasteiger partial charge is 0.506 e. The van der Waals surface area contributed by atoms with Gasteiger partial charge in [0.2, 0.25) is 0 Å². The Morgan fingerprint density at radius 3 is 2.37 bits per heavy atom. The Balaban J connectivity index is 2.50. The highest BCUT2D eigenvalue weighted by Gasteiger charge is 2.17. The maximum atomic E-state index is 12.3. The Morgan fingerprint density at radius 2 is 1.74 bits per heavy atom. The summed E-state index contributed by atoms with van der Waals surface area (Å²) in [5, 5.41) is 28.4. The van der Waals surface area contributed by atoms with Crippen molar-refractivity contribution in [2.45, 2.75) is 6.92 Å². The van der Waals surface area contributed by atoms with Crippen molar-refractivity contribution in [3.63, 3.8) is 0 Å². The van der Waals surface area contributed by atoms with Gasteiger partial charge in [-0.05, 0) is 52.7 Å². The first-order chi connectivity index (χ1) is 8.91. The van der Waals surface area contributed by atoms with Crippen LogP contribution in [0.5, 0.6) is 17.2 Å². The Hall–Kier alpha value is -2.01. The molecule has 0 unspecified atom stereocenters. The summed E-state index contributed by atoms with van der Waals surface area (Å²) in [6.45, 7) is 1.72. The van der Waals surface area contributed by atoms with E-state index in [1.807, 2.05) is 0 Å². The molecule has 2 aromatic rings. The highest BCUT2D eigenvalue weighted by Crippen LogP contribution is 2.33. The minimum atomic E-state index is -0.363. The zero-order chi connectivity index (χ0) is 14.2. The van der Waals surface area contributed by atoms with E-state index in [1.165, 1.54) is 18.2 Å². The number of carbonyl (C=O) groups is 1. The van der Waals surface area contributed by atoms with Crippen molar-refractivity contribution in [2.24, 2.45) is 0 Å². The number of rotatable bonds is 2. The number of hydrogen-bond donors (Lipinski definition) is 3. The first-order valence-corrected chi connectivity index (χ1v) is 6.26. The molecule has 3 N–H and O–H groups in total. The normalized spacial score (nSPS) is 10.4. The molecule has 0 aliphatic carbocycles. The van der Waals surface area contributed by atoms with Crippen LogP contribution in [-0.2, 0) is 0 Å². The molecule has 98 valence electrons. The van der Waals surface area contributed by atoms with E-state index in [-0.39, 0.29) is 34.2 Å². The molecule has 0 saturated carbocycles.